The third-order valence-electron chi connectivity index (χ3n) is 13.4. The number of hydrogen-bond donors (Lipinski definition) is 3. The van der Waals surface area contributed by atoms with E-state index in [1.807, 2.05) is 91.9 Å². The van der Waals surface area contributed by atoms with E-state index >= 15 is 4.79 Å². The van der Waals surface area contributed by atoms with Gasteiger partial charge in [-0.2, -0.15) is 0 Å². The number of unbranched alkanes of at least 4 members (excludes halogenated alkanes) is 2. The molecule has 0 aromatic heterocycles. The molecule has 0 bridgehead atoms. The number of fused-ring (bicyclic) bond motifs is 3. The molecule has 0 spiro atoms. The quantitative estimate of drug-likeness (QED) is 0.0345. The summed E-state index contributed by atoms with van der Waals surface area (Å²) in [6.45, 7) is 7.24. The van der Waals surface area contributed by atoms with E-state index in [0.29, 0.717) is 54.7 Å². The van der Waals surface area contributed by atoms with Gasteiger partial charge in [-0.1, -0.05) is 96.9 Å². The summed E-state index contributed by atoms with van der Waals surface area (Å²) in [6.07, 6.45) is 7.09. The molecule has 2 amide bonds. The number of carbonyl (C=O) groups excluding carboxylic acids is 2. The Bertz CT molecular complexity index is 2430. The number of amides is 2. The van der Waals surface area contributed by atoms with Gasteiger partial charge in [0, 0.05) is 44.2 Å². The number of oxime groups is 1. The number of carbonyl (C=O) groups is 2. The fourth-order valence-electron chi connectivity index (χ4n) is 10.3. The summed E-state index contributed by atoms with van der Waals surface area (Å²) in [5.74, 6) is -0.631. The summed E-state index contributed by atoms with van der Waals surface area (Å²) in [6, 6.07) is 29.6. The van der Waals surface area contributed by atoms with Crippen molar-refractivity contribution in [3.05, 3.63) is 144 Å². The van der Waals surface area contributed by atoms with Gasteiger partial charge >= 0.3 is 12.2 Å². The zero-order chi connectivity index (χ0) is 48.7. The standard InChI is InChI=1S/C55H65N3O12/c1-3-27-67-55-50(58(34-40-21-23-48-49(30-40)66-37-65-48)54(62)64-29-28-63-35-38-15-7-5-8-16-38)33-46(57-68-36-39-17-9-6-10-18-39)44-31-41(19-11-13-25-59)43(20-12-14-26-60)51(52(44)55)45-32-42(22-24-47(45)70-55)69-53(61)56-4-2/h3,5-10,15-18,21-24,30-32,41,43,50-52,59-60H,1,4,11-14,19-20,25-29,33-37H2,2H3,(H,56,61). The van der Waals surface area contributed by atoms with Crippen molar-refractivity contribution in [2.75, 3.05) is 46.4 Å². The van der Waals surface area contributed by atoms with Crippen LogP contribution in [-0.2, 0) is 38.8 Å². The monoisotopic (exact) mass is 959 g/mol. The second-order valence-electron chi connectivity index (χ2n) is 17.9. The molecule has 1 fully saturated rings. The molecule has 2 aliphatic carbocycles. The summed E-state index contributed by atoms with van der Waals surface area (Å²) in [7, 11) is 0. The summed E-state index contributed by atoms with van der Waals surface area (Å²) < 4.78 is 44.0. The first-order chi connectivity index (χ1) is 34.3. The van der Waals surface area contributed by atoms with Gasteiger partial charge in [-0.3, -0.25) is 4.90 Å². The topological polar surface area (TPSA) is 176 Å². The number of benzene rings is 4. The summed E-state index contributed by atoms with van der Waals surface area (Å²) in [5, 5.41) is 27.7. The van der Waals surface area contributed by atoms with Crippen LogP contribution in [0.5, 0.6) is 23.0 Å². The highest BCUT2D eigenvalue weighted by molar-refractivity contribution is 6.03. The molecule has 372 valence electrons. The number of nitrogens with zero attached hydrogens (tertiary/aromatic N) is 2. The summed E-state index contributed by atoms with van der Waals surface area (Å²) in [5.41, 5.74) is 4.96. The normalized spacial score (nSPS) is 22.2. The van der Waals surface area contributed by atoms with Crippen LogP contribution in [0.25, 0.3) is 0 Å². The highest BCUT2D eigenvalue weighted by Gasteiger charge is 2.65. The SMILES string of the molecule is C=CCOC12Oc3ccc(OC(=O)NCC)cc3C3C(CCCCO)C(CCCCO)C=C(C(=NOCc4ccccc4)CC1N(Cc1ccc4c(c1)OCO4)C(=O)OCCOCc1ccccc1)C32. The van der Waals surface area contributed by atoms with Crippen LogP contribution in [-0.4, -0.2) is 91.2 Å². The van der Waals surface area contributed by atoms with Gasteiger partial charge in [-0.25, -0.2) is 9.59 Å². The van der Waals surface area contributed by atoms with Crippen LogP contribution in [0.15, 0.2) is 127 Å². The molecule has 70 heavy (non-hydrogen) atoms. The maximum atomic E-state index is 15.1. The van der Waals surface area contributed by atoms with Crippen molar-refractivity contribution in [3.8, 4) is 23.0 Å². The highest BCUT2D eigenvalue weighted by atomic mass is 16.7. The van der Waals surface area contributed by atoms with E-state index in [4.69, 9.17) is 43.2 Å². The second kappa shape index (κ2) is 24.4. The molecule has 4 aromatic rings. The Morgan fingerprint density at radius 1 is 0.857 bits per heavy atom. The van der Waals surface area contributed by atoms with Crippen molar-refractivity contribution in [1.82, 2.24) is 10.2 Å². The summed E-state index contributed by atoms with van der Waals surface area (Å²) >= 11 is 0. The van der Waals surface area contributed by atoms with Crippen molar-refractivity contribution in [1.29, 1.82) is 0 Å². The minimum absolute atomic E-state index is 0.0148. The van der Waals surface area contributed by atoms with Crippen LogP contribution in [0.1, 0.15) is 80.0 Å². The van der Waals surface area contributed by atoms with E-state index < -0.39 is 29.9 Å². The van der Waals surface area contributed by atoms with Crippen LogP contribution in [0, 0.1) is 17.8 Å². The number of aliphatic hydroxyl groups excluding tert-OH is 2. The van der Waals surface area contributed by atoms with E-state index in [1.54, 1.807) is 23.1 Å². The Morgan fingerprint density at radius 2 is 1.59 bits per heavy atom. The average Bonchev–Trinajstić information content (AvgIpc) is 3.85. The first kappa shape index (κ1) is 50.0. The lowest BCUT2D eigenvalue weighted by molar-refractivity contribution is -0.256. The van der Waals surface area contributed by atoms with Crippen LogP contribution in [0.4, 0.5) is 9.59 Å². The van der Waals surface area contributed by atoms with Gasteiger partial charge in [0.15, 0.2) is 11.5 Å². The lowest BCUT2D eigenvalue weighted by Crippen LogP contribution is -2.70. The van der Waals surface area contributed by atoms with E-state index in [0.717, 1.165) is 53.5 Å². The number of hydrogen-bond acceptors (Lipinski definition) is 13. The minimum Gasteiger partial charge on any atom is -0.459 e. The van der Waals surface area contributed by atoms with Gasteiger partial charge in [0.25, 0.3) is 0 Å². The highest BCUT2D eigenvalue weighted by Crippen LogP contribution is 2.62. The van der Waals surface area contributed by atoms with Gasteiger partial charge in [0.1, 0.15) is 30.8 Å². The predicted molar refractivity (Wildman–Crippen MR) is 261 cm³/mol. The molecule has 0 saturated heterocycles. The number of aliphatic hydroxyl groups is 2. The fraction of sp³-hybridized carbons (Fsp3) is 0.436. The van der Waals surface area contributed by atoms with Crippen LogP contribution < -0.4 is 24.3 Å². The molecule has 6 atom stereocenters. The first-order valence-corrected chi connectivity index (χ1v) is 24.5. The Balaban J connectivity index is 1.28. The van der Waals surface area contributed by atoms with Crippen molar-refractivity contribution >= 4 is 17.9 Å². The van der Waals surface area contributed by atoms with Gasteiger partial charge in [0.2, 0.25) is 12.6 Å². The maximum absolute atomic E-state index is 15.1. The predicted octanol–water partition coefficient (Wildman–Crippen LogP) is 9.21. The largest absolute Gasteiger partial charge is 0.459 e. The molecular weight excluding hydrogens is 895 g/mol. The molecule has 15 heteroatoms. The van der Waals surface area contributed by atoms with Crippen molar-refractivity contribution in [3.63, 3.8) is 0 Å². The second-order valence-corrected chi connectivity index (χ2v) is 17.9. The van der Waals surface area contributed by atoms with Gasteiger partial charge in [-0.05, 0) is 97.0 Å². The van der Waals surface area contributed by atoms with Crippen molar-refractivity contribution in [2.45, 2.75) is 89.4 Å². The minimum atomic E-state index is -1.58. The molecule has 4 aromatic carbocycles. The molecule has 2 heterocycles. The third kappa shape index (κ3) is 11.8. The average molecular weight is 960 g/mol. The zero-order valence-corrected chi connectivity index (χ0v) is 39.9. The van der Waals surface area contributed by atoms with Crippen LogP contribution in [0.2, 0.25) is 0 Å². The molecule has 2 aliphatic heterocycles. The van der Waals surface area contributed by atoms with E-state index in [-0.39, 0.29) is 77.2 Å². The van der Waals surface area contributed by atoms with Crippen LogP contribution in [0.3, 0.4) is 0 Å². The molecule has 4 aliphatic rings. The number of allylic oxidation sites excluding steroid dienone is 1. The lowest BCUT2D eigenvalue weighted by atomic mass is 9.55. The Labute approximate surface area is 409 Å². The van der Waals surface area contributed by atoms with Gasteiger partial charge in [-0.15, -0.1) is 6.58 Å². The zero-order valence-electron chi connectivity index (χ0n) is 39.9. The van der Waals surface area contributed by atoms with Crippen LogP contribution >= 0.6 is 0 Å². The Kier molecular flexibility index (Phi) is 17.5. The number of ether oxygens (including phenoxy) is 7. The van der Waals surface area contributed by atoms with E-state index in [2.05, 4.69) is 18.0 Å². The molecular formula is C55H65N3O12. The molecule has 1 saturated carbocycles. The Morgan fingerprint density at radius 3 is 2.33 bits per heavy atom. The number of nitrogens with one attached hydrogen (secondary N) is 1. The lowest BCUT2D eigenvalue weighted by Gasteiger charge is -2.59. The molecule has 3 N–H and O–H groups in total. The van der Waals surface area contributed by atoms with Gasteiger partial charge in [0.05, 0.1) is 31.5 Å². The van der Waals surface area contributed by atoms with Crippen molar-refractivity contribution < 1.29 is 57.8 Å². The Hall–Kier alpha value is -6.39. The summed E-state index contributed by atoms with van der Waals surface area (Å²) in [4.78, 5) is 35.9. The third-order valence-corrected chi connectivity index (χ3v) is 13.4. The molecule has 0 radical (unpaired) electrons. The van der Waals surface area contributed by atoms with Gasteiger partial charge < -0.3 is 53.5 Å². The number of rotatable bonds is 24. The molecule has 15 nitrogen and oxygen atoms in total. The first-order valence-electron chi connectivity index (χ1n) is 24.5. The molecule has 8 rings (SSSR count). The van der Waals surface area contributed by atoms with E-state index in [9.17, 15) is 15.0 Å². The molecule has 6 unspecified atom stereocenters. The fourth-order valence-corrected chi connectivity index (χ4v) is 10.3. The smallest absolute Gasteiger partial charge is 0.412 e. The maximum Gasteiger partial charge on any atom is 0.412 e. The van der Waals surface area contributed by atoms with Crippen molar-refractivity contribution in [2.24, 2.45) is 22.9 Å². The van der Waals surface area contributed by atoms with E-state index in [1.165, 1.54) is 0 Å².